The molecule has 24 heavy (non-hydrogen) atoms. The number of amides is 3. The highest BCUT2D eigenvalue weighted by molar-refractivity contribution is 6.01. The molecule has 7 nitrogen and oxygen atoms in total. The summed E-state index contributed by atoms with van der Waals surface area (Å²) in [5.74, 6) is -0.131. The number of hydrogen-bond donors (Lipinski definition) is 2. The molecule has 1 saturated heterocycles. The van der Waals surface area contributed by atoms with Crippen molar-refractivity contribution < 1.29 is 14.4 Å². The molecular formula is C17H22N4O3. The first-order chi connectivity index (χ1) is 11.5. The fourth-order valence-electron chi connectivity index (χ4n) is 2.75. The average Bonchev–Trinajstić information content (AvgIpc) is 3.04. The Balaban J connectivity index is 1.49. The van der Waals surface area contributed by atoms with Crippen molar-refractivity contribution in [2.24, 2.45) is 5.16 Å². The summed E-state index contributed by atoms with van der Waals surface area (Å²) in [5, 5.41) is 9.66. The van der Waals surface area contributed by atoms with Gasteiger partial charge in [-0.25, -0.2) is 4.79 Å². The number of oxime groups is 1. The first-order valence-corrected chi connectivity index (χ1v) is 8.12. The van der Waals surface area contributed by atoms with Crippen LogP contribution < -0.4 is 10.6 Å². The van der Waals surface area contributed by atoms with Gasteiger partial charge in [0.15, 0.2) is 6.10 Å². The van der Waals surface area contributed by atoms with Crippen LogP contribution in [0.5, 0.6) is 0 Å². The van der Waals surface area contributed by atoms with Gasteiger partial charge in [0.25, 0.3) is 0 Å². The van der Waals surface area contributed by atoms with Crippen LogP contribution in [0.4, 0.5) is 4.79 Å². The molecule has 2 aliphatic heterocycles. The molecular weight excluding hydrogens is 308 g/mol. The molecule has 0 saturated carbocycles. The third kappa shape index (κ3) is 3.67. The van der Waals surface area contributed by atoms with Crippen LogP contribution in [0.1, 0.15) is 23.1 Å². The molecule has 128 valence electrons. The van der Waals surface area contributed by atoms with Gasteiger partial charge in [0.1, 0.15) is 6.54 Å². The van der Waals surface area contributed by atoms with Crippen LogP contribution in [0.15, 0.2) is 23.4 Å². The van der Waals surface area contributed by atoms with E-state index < -0.39 is 0 Å². The van der Waals surface area contributed by atoms with E-state index in [2.05, 4.69) is 41.8 Å². The zero-order valence-corrected chi connectivity index (χ0v) is 14.0. The van der Waals surface area contributed by atoms with Crippen molar-refractivity contribution in [2.75, 3.05) is 26.2 Å². The van der Waals surface area contributed by atoms with Crippen LogP contribution in [0, 0.1) is 13.8 Å². The quantitative estimate of drug-likeness (QED) is 0.865. The van der Waals surface area contributed by atoms with Crippen molar-refractivity contribution in [3.63, 3.8) is 0 Å². The lowest BCUT2D eigenvalue weighted by Crippen LogP contribution is -2.53. The summed E-state index contributed by atoms with van der Waals surface area (Å²) >= 11 is 0. The Morgan fingerprint density at radius 2 is 2.25 bits per heavy atom. The van der Waals surface area contributed by atoms with Gasteiger partial charge in [-0.3, -0.25) is 4.79 Å². The number of aryl methyl sites for hydroxylation is 2. The van der Waals surface area contributed by atoms with Gasteiger partial charge in [0.05, 0.1) is 12.3 Å². The number of benzene rings is 1. The van der Waals surface area contributed by atoms with E-state index in [-0.39, 0.29) is 24.6 Å². The van der Waals surface area contributed by atoms with Crippen LogP contribution in [0.25, 0.3) is 0 Å². The molecule has 1 atom stereocenters. The van der Waals surface area contributed by atoms with Gasteiger partial charge < -0.3 is 20.4 Å². The number of piperazine rings is 1. The molecule has 3 rings (SSSR count). The topological polar surface area (TPSA) is 83.0 Å². The standard InChI is InChI=1S/C17H22N4O3/c1-11-3-4-13(7-12(11)2)15-8-14(24-20-15)9-19-17(23)21-6-5-18-16(22)10-21/h3-4,7,14H,5-6,8-10H2,1-2H3,(H,18,22)(H,19,23). The number of nitrogens with zero attached hydrogens (tertiary/aromatic N) is 2. The van der Waals surface area contributed by atoms with E-state index >= 15 is 0 Å². The van der Waals surface area contributed by atoms with E-state index in [1.807, 2.05) is 6.07 Å². The maximum Gasteiger partial charge on any atom is 0.318 e. The highest BCUT2D eigenvalue weighted by Gasteiger charge is 2.25. The van der Waals surface area contributed by atoms with E-state index in [9.17, 15) is 9.59 Å². The molecule has 1 unspecified atom stereocenters. The second kappa shape index (κ2) is 6.90. The SMILES string of the molecule is Cc1ccc(C2=NOC(CNC(=O)N3CCNC(=O)C3)C2)cc1C. The first kappa shape index (κ1) is 16.3. The second-order valence-corrected chi connectivity index (χ2v) is 6.23. The van der Waals surface area contributed by atoms with Crippen LogP contribution in [-0.2, 0) is 9.63 Å². The minimum absolute atomic E-state index is 0.0990. The summed E-state index contributed by atoms with van der Waals surface area (Å²) < 4.78 is 0. The summed E-state index contributed by atoms with van der Waals surface area (Å²) in [7, 11) is 0. The summed E-state index contributed by atoms with van der Waals surface area (Å²) in [5.41, 5.74) is 4.41. The predicted octanol–water partition coefficient (Wildman–Crippen LogP) is 0.938. The molecule has 0 bridgehead atoms. The minimum atomic E-state index is -0.243. The number of nitrogens with one attached hydrogen (secondary N) is 2. The average molecular weight is 330 g/mol. The zero-order chi connectivity index (χ0) is 17.1. The van der Waals surface area contributed by atoms with E-state index in [4.69, 9.17) is 4.84 Å². The van der Waals surface area contributed by atoms with Crippen molar-refractivity contribution >= 4 is 17.6 Å². The Labute approximate surface area is 141 Å². The Kier molecular flexibility index (Phi) is 4.69. The normalized spacial score (nSPS) is 20.2. The van der Waals surface area contributed by atoms with E-state index in [1.165, 1.54) is 16.0 Å². The number of urea groups is 1. The van der Waals surface area contributed by atoms with Crippen LogP contribution in [0.2, 0.25) is 0 Å². The van der Waals surface area contributed by atoms with Gasteiger partial charge in [-0.05, 0) is 36.6 Å². The maximum atomic E-state index is 12.1. The minimum Gasteiger partial charge on any atom is -0.390 e. The van der Waals surface area contributed by atoms with Gasteiger partial charge in [-0.1, -0.05) is 17.3 Å². The van der Waals surface area contributed by atoms with Crippen LogP contribution >= 0.6 is 0 Å². The molecule has 0 spiro atoms. The van der Waals surface area contributed by atoms with E-state index in [1.54, 1.807) is 0 Å². The Hall–Kier alpha value is -2.57. The lowest BCUT2D eigenvalue weighted by atomic mass is 10.0. The highest BCUT2D eigenvalue weighted by atomic mass is 16.6. The van der Waals surface area contributed by atoms with Crippen molar-refractivity contribution in [1.82, 2.24) is 15.5 Å². The second-order valence-electron chi connectivity index (χ2n) is 6.23. The summed E-state index contributed by atoms with van der Waals surface area (Å²) in [6.45, 7) is 5.63. The third-order valence-corrected chi connectivity index (χ3v) is 4.38. The molecule has 1 aromatic rings. The third-order valence-electron chi connectivity index (χ3n) is 4.38. The number of carbonyl (C=O) groups is 2. The zero-order valence-electron chi connectivity index (χ0n) is 14.0. The fraction of sp³-hybridized carbons (Fsp3) is 0.471. The maximum absolute atomic E-state index is 12.1. The first-order valence-electron chi connectivity index (χ1n) is 8.12. The van der Waals surface area contributed by atoms with Gasteiger partial charge in [-0.15, -0.1) is 0 Å². The molecule has 0 radical (unpaired) electrons. The summed E-state index contributed by atoms with van der Waals surface area (Å²) in [4.78, 5) is 30.3. The highest BCUT2D eigenvalue weighted by Crippen LogP contribution is 2.18. The Morgan fingerprint density at radius 1 is 1.42 bits per heavy atom. The smallest absolute Gasteiger partial charge is 0.318 e. The molecule has 2 N–H and O–H groups in total. The monoisotopic (exact) mass is 330 g/mol. The van der Waals surface area contributed by atoms with Crippen molar-refractivity contribution in [3.05, 3.63) is 34.9 Å². The number of carbonyl (C=O) groups excluding carboxylic acids is 2. The van der Waals surface area contributed by atoms with Gasteiger partial charge in [0.2, 0.25) is 5.91 Å². The van der Waals surface area contributed by atoms with Gasteiger partial charge in [0, 0.05) is 19.5 Å². The number of hydrogen-bond acceptors (Lipinski definition) is 4. The lowest BCUT2D eigenvalue weighted by molar-refractivity contribution is -0.123. The fourth-order valence-corrected chi connectivity index (χ4v) is 2.75. The van der Waals surface area contributed by atoms with Gasteiger partial charge >= 0.3 is 6.03 Å². The van der Waals surface area contributed by atoms with E-state index in [0.717, 1.165) is 11.3 Å². The molecule has 0 aliphatic carbocycles. The largest absolute Gasteiger partial charge is 0.390 e. The molecule has 1 aromatic carbocycles. The summed E-state index contributed by atoms with van der Waals surface area (Å²) in [6, 6.07) is 5.97. The molecule has 2 aliphatic rings. The van der Waals surface area contributed by atoms with Crippen LogP contribution in [0.3, 0.4) is 0 Å². The van der Waals surface area contributed by atoms with Crippen molar-refractivity contribution in [3.8, 4) is 0 Å². The molecule has 2 heterocycles. The lowest BCUT2D eigenvalue weighted by Gasteiger charge is -2.27. The van der Waals surface area contributed by atoms with E-state index in [0.29, 0.717) is 26.1 Å². The van der Waals surface area contributed by atoms with Crippen LogP contribution in [-0.4, -0.2) is 54.8 Å². The van der Waals surface area contributed by atoms with Crippen molar-refractivity contribution in [1.29, 1.82) is 0 Å². The number of rotatable bonds is 3. The molecule has 3 amide bonds. The predicted molar refractivity (Wildman–Crippen MR) is 89.9 cm³/mol. The van der Waals surface area contributed by atoms with Gasteiger partial charge in [-0.2, -0.15) is 0 Å². The summed E-state index contributed by atoms with van der Waals surface area (Å²) in [6.07, 6.45) is 0.479. The van der Waals surface area contributed by atoms with Crippen molar-refractivity contribution in [2.45, 2.75) is 26.4 Å². The molecule has 1 fully saturated rings. The molecule has 0 aromatic heterocycles. The molecule has 7 heteroatoms. The Morgan fingerprint density at radius 3 is 3.00 bits per heavy atom. The Bertz CT molecular complexity index is 686.